The molecule has 0 radical (unpaired) electrons. The highest BCUT2D eigenvalue weighted by molar-refractivity contribution is 5.97. The van der Waals surface area contributed by atoms with E-state index in [1.54, 1.807) is 36.0 Å². The van der Waals surface area contributed by atoms with Gasteiger partial charge in [-0.15, -0.1) is 0 Å². The molecule has 0 saturated carbocycles. The maximum absolute atomic E-state index is 14.8. The zero-order valence-corrected chi connectivity index (χ0v) is 52.0. The van der Waals surface area contributed by atoms with E-state index in [2.05, 4.69) is 60.0 Å². The molecule has 4 aromatic rings. The van der Waals surface area contributed by atoms with Gasteiger partial charge < -0.3 is 57.7 Å². The highest BCUT2D eigenvalue weighted by Crippen LogP contribution is 2.37. The summed E-state index contributed by atoms with van der Waals surface area (Å²) < 4.78 is 0. The van der Waals surface area contributed by atoms with E-state index in [1.807, 2.05) is 111 Å². The molecule has 4 heterocycles. The third-order valence-corrected chi connectivity index (χ3v) is 18.6. The Morgan fingerprint density at radius 2 is 0.966 bits per heavy atom. The Bertz CT molecular complexity index is 2860. The van der Waals surface area contributed by atoms with Crippen LogP contribution in [0, 0.1) is 11.8 Å². The standard InChI is InChI=1S/C69H95N11O8/c1-5-54(70-3)63(82)77-61-50(41-43-72-44-46-24-14-10-15-25-46)33-35-52-37-40-57(79(52)68(61)87)66(85)76-60(49-30-20-13-21-31-49)67(86)73-42-23-9-7-8-22-32-58(81)74-45-51-34-36-53-38-39-56(80(53)69(88)62(51)78-64(83)55(6-2)71-4)65(84)75-59(47-26-16-11-17-27-47)48-28-18-12-19-29-48/h10-21,24-31,50-57,59-62,70-72H,5-9,22-23,32-45H2,1-4H3,(H,73,86)(H,74,81)(H,75,84)(H,76,85)(H,77,82)(H,78,83)/t50-,51-,52?,53+,54+,55+,56+,57+,60+,61+,62+/m1/s1. The van der Waals surface area contributed by atoms with Crippen LogP contribution in [0.1, 0.15) is 157 Å². The first-order valence-electron chi connectivity index (χ1n) is 32.5. The Morgan fingerprint density at radius 3 is 1.50 bits per heavy atom. The van der Waals surface area contributed by atoms with Crippen molar-refractivity contribution in [2.24, 2.45) is 11.8 Å². The number of hydrogen-bond acceptors (Lipinski definition) is 11. The zero-order valence-electron chi connectivity index (χ0n) is 52.0. The SMILES string of the molecule is CC[C@H](NC)C(=O)N[C@@H]1C(=O)N2C(CC[C@@H]1CCNCc1ccccc1)CC[C@H]2C(=O)N[C@H](C(=O)NCCCCCCCC(=O)NC[C@H]1CC[C@H]2CC[C@@H](C(=O)NC(c3ccccc3)c3ccccc3)N2C(=O)[C@H]1NC(=O)[C@H](CC)NC)c1ccccc1. The molecule has 0 bridgehead atoms. The number of hydrogen-bond donors (Lipinski definition) is 9. The minimum atomic E-state index is -1.00. The lowest BCUT2D eigenvalue weighted by molar-refractivity contribution is -0.144. The number of rotatable bonds is 31. The van der Waals surface area contributed by atoms with Crippen molar-refractivity contribution in [3.63, 3.8) is 0 Å². The van der Waals surface area contributed by atoms with E-state index in [-0.39, 0.29) is 72.3 Å². The molecular weight excluding hydrogens is 1110 g/mol. The number of nitrogens with one attached hydrogen (secondary N) is 9. The molecule has 4 aromatic carbocycles. The van der Waals surface area contributed by atoms with Crippen molar-refractivity contribution in [3.8, 4) is 0 Å². The molecule has 4 fully saturated rings. The van der Waals surface area contributed by atoms with Crippen LogP contribution in [0.4, 0.5) is 0 Å². The summed E-state index contributed by atoms with van der Waals surface area (Å²) in [5.74, 6) is -2.81. The Balaban J connectivity index is 0.806. The summed E-state index contributed by atoms with van der Waals surface area (Å²) in [4.78, 5) is 117. The Hall–Kier alpha value is -7.48. The second-order valence-electron chi connectivity index (χ2n) is 24.3. The Labute approximate surface area is 520 Å². The molecule has 9 N–H and O–H groups in total. The maximum Gasteiger partial charge on any atom is 0.247 e. The minimum absolute atomic E-state index is 0.142. The summed E-state index contributed by atoms with van der Waals surface area (Å²) in [5, 5.41) is 28.2. The molecule has 19 nitrogen and oxygen atoms in total. The van der Waals surface area contributed by atoms with Crippen molar-refractivity contribution in [2.75, 3.05) is 33.7 Å². The van der Waals surface area contributed by atoms with Crippen LogP contribution in [0.15, 0.2) is 121 Å². The summed E-state index contributed by atoms with van der Waals surface area (Å²) in [6.45, 7) is 5.72. The average Bonchev–Trinajstić information content (AvgIpc) is 2.01. The van der Waals surface area contributed by atoms with Crippen LogP contribution in [-0.2, 0) is 44.9 Å². The van der Waals surface area contributed by atoms with E-state index in [4.69, 9.17) is 0 Å². The first-order valence-corrected chi connectivity index (χ1v) is 32.5. The van der Waals surface area contributed by atoms with E-state index in [0.717, 1.165) is 36.0 Å². The van der Waals surface area contributed by atoms with Gasteiger partial charge in [-0.2, -0.15) is 0 Å². The van der Waals surface area contributed by atoms with Gasteiger partial charge in [0.15, 0.2) is 0 Å². The van der Waals surface area contributed by atoms with Gasteiger partial charge in [0.05, 0.1) is 18.1 Å². The summed E-state index contributed by atoms with van der Waals surface area (Å²) in [6.07, 6.45) is 10.6. The van der Waals surface area contributed by atoms with Gasteiger partial charge in [0.2, 0.25) is 47.3 Å². The van der Waals surface area contributed by atoms with Crippen LogP contribution >= 0.6 is 0 Å². The van der Waals surface area contributed by atoms with Gasteiger partial charge in [0, 0.05) is 44.1 Å². The monoisotopic (exact) mass is 1210 g/mol. The first kappa shape index (κ1) is 66.5. The fourth-order valence-electron chi connectivity index (χ4n) is 13.6. The molecule has 8 amide bonds. The third-order valence-electron chi connectivity index (χ3n) is 18.6. The fourth-order valence-corrected chi connectivity index (χ4v) is 13.6. The minimum Gasteiger partial charge on any atom is -0.356 e. The van der Waals surface area contributed by atoms with Crippen LogP contribution in [0.25, 0.3) is 0 Å². The van der Waals surface area contributed by atoms with E-state index >= 15 is 0 Å². The van der Waals surface area contributed by atoms with Gasteiger partial charge in [-0.1, -0.05) is 154 Å². The number of carbonyl (C=O) groups excluding carboxylic acids is 8. The van der Waals surface area contributed by atoms with Crippen molar-refractivity contribution < 1.29 is 38.4 Å². The van der Waals surface area contributed by atoms with Crippen LogP contribution in [0.5, 0.6) is 0 Å². The van der Waals surface area contributed by atoms with Gasteiger partial charge >= 0.3 is 0 Å². The number of fused-ring (bicyclic) bond motifs is 2. The largest absolute Gasteiger partial charge is 0.356 e. The summed E-state index contributed by atoms with van der Waals surface area (Å²) in [5.41, 5.74) is 3.62. The number of nitrogens with zero attached hydrogens (tertiary/aromatic N) is 2. The predicted molar refractivity (Wildman–Crippen MR) is 340 cm³/mol. The number of likely N-dealkylation sites (N-methyl/N-ethyl adjacent to an activating group) is 2. The van der Waals surface area contributed by atoms with E-state index in [1.165, 1.54) is 0 Å². The smallest absolute Gasteiger partial charge is 0.247 e. The van der Waals surface area contributed by atoms with E-state index in [9.17, 15) is 38.4 Å². The third kappa shape index (κ3) is 17.6. The summed E-state index contributed by atoms with van der Waals surface area (Å²) in [7, 11) is 3.44. The van der Waals surface area contributed by atoms with Crippen molar-refractivity contribution in [1.82, 2.24) is 57.7 Å². The van der Waals surface area contributed by atoms with Crippen LogP contribution in [0.3, 0.4) is 0 Å². The normalized spacial score (nSPS) is 22.7. The quantitative estimate of drug-likeness (QED) is 0.0264. The van der Waals surface area contributed by atoms with Crippen molar-refractivity contribution in [1.29, 1.82) is 0 Å². The van der Waals surface area contributed by atoms with E-state index in [0.29, 0.717) is 109 Å². The number of amides is 8. The number of benzene rings is 4. The lowest BCUT2D eigenvalue weighted by Gasteiger charge is -2.33. The maximum atomic E-state index is 14.8. The second-order valence-corrected chi connectivity index (χ2v) is 24.3. The van der Waals surface area contributed by atoms with Gasteiger partial charge in [-0.25, -0.2) is 0 Å². The van der Waals surface area contributed by atoms with Crippen molar-refractivity contribution in [3.05, 3.63) is 144 Å². The molecule has 4 aliphatic heterocycles. The molecule has 474 valence electrons. The lowest BCUT2D eigenvalue weighted by atomic mass is 9.90. The topological polar surface area (TPSA) is 251 Å². The molecule has 4 aliphatic rings. The molecule has 8 rings (SSSR count). The first-order chi connectivity index (χ1) is 42.8. The molecule has 0 aliphatic carbocycles. The molecule has 88 heavy (non-hydrogen) atoms. The van der Waals surface area contributed by atoms with E-state index < -0.39 is 60.2 Å². The highest BCUT2D eigenvalue weighted by atomic mass is 16.2. The van der Waals surface area contributed by atoms with Crippen molar-refractivity contribution in [2.45, 2.75) is 190 Å². The zero-order chi connectivity index (χ0) is 62.4. The van der Waals surface area contributed by atoms with Crippen LogP contribution < -0.4 is 47.9 Å². The predicted octanol–water partition coefficient (Wildman–Crippen LogP) is 6.01. The van der Waals surface area contributed by atoms with Gasteiger partial charge in [-0.3, -0.25) is 38.4 Å². The second kappa shape index (κ2) is 33.8. The molecule has 4 saturated heterocycles. The molecular formula is C69H95N11O8. The Morgan fingerprint density at radius 1 is 0.500 bits per heavy atom. The number of unbranched alkanes of at least 4 members (excludes halogenated alkanes) is 4. The van der Waals surface area contributed by atoms with Gasteiger partial charge in [0.25, 0.3) is 0 Å². The molecule has 0 spiro atoms. The van der Waals surface area contributed by atoms with Gasteiger partial charge in [0.1, 0.15) is 30.2 Å². The summed E-state index contributed by atoms with van der Waals surface area (Å²) in [6, 6.07) is 32.7. The van der Waals surface area contributed by atoms with Crippen LogP contribution in [-0.4, -0.2) is 139 Å². The Kier molecular flexibility index (Phi) is 25.5. The fraction of sp³-hybridized carbons (Fsp3) is 0.536. The average molecular weight is 1210 g/mol. The number of carbonyl (C=O) groups is 8. The highest BCUT2D eigenvalue weighted by Gasteiger charge is 2.50. The molecule has 1 unspecified atom stereocenters. The van der Waals surface area contributed by atoms with Crippen molar-refractivity contribution >= 4 is 47.3 Å². The molecule has 11 atom stereocenters. The lowest BCUT2D eigenvalue weighted by Crippen LogP contribution is -2.59. The molecule has 19 heteroatoms. The molecule has 0 aromatic heterocycles. The summed E-state index contributed by atoms with van der Waals surface area (Å²) >= 11 is 0. The van der Waals surface area contributed by atoms with Gasteiger partial charge in [-0.05, 0) is 132 Å². The van der Waals surface area contributed by atoms with Crippen LogP contribution in [0.2, 0.25) is 0 Å².